The van der Waals surface area contributed by atoms with Crippen LogP contribution in [0.2, 0.25) is 5.02 Å². The van der Waals surface area contributed by atoms with E-state index in [0.29, 0.717) is 5.02 Å². The second-order valence-electron chi connectivity index (χ2n) is 5.60. The number of ether oxygens (including phenoxy) is 1. The average Bonchev–Trinajstić information content (AvgIpc) is 3.07. The van der Waals surface area contributed by atoms with Crippen molar-refractivity contribution in [3.8, 4) is 5.75 Å². The third-order valence-electron chi connectivity index (χ3n) is 4.08. The Morgan fingerprint density at radius 1 is 1.17 bits per heavy atom. The van der Waals surface area contributed by atoms with E-state index in [-0.39, 0.29) is 0 Å². The Kier molecular flexibility index (Phi) is 3.54. The Balaban J connectivity index is 1.61. The number of hydrogen-bond donors (Lipinski definition) is 0. The van der Waals surface area contributed by atoms with Crippen LogP contribution in [0.3, 0.4) is 0 Å². The Hall–Kier alpha value is -2.72. The molecule has 1 aliphatic heterocycles. The minimum Gasteiger partial charge on any atom is -0.439 e. The molecule has 0 fully saturated rings. The molecule has 0 unspecified atom stereocenters. The maximum Gasteiger partial charge on any atom is 0.373 e. The van der Waals surface area contributed by atoms with Gasteiger partial charge in [-0.25, -0.2) is 0 Å². The summed E-state index contributed by atoms with van der Waals surface area (Å²) in [4.78, 5) is 1.96. The summed E-state index contributed by atoms with van der Waals surface area (Å²) in [6, 6.07) is 13.5. The first-order valence-electron chi connectivity index (χ1n) is 7.60. The number of allylic oxidation sites excluding steroid dienone is 2. The second-order valence-corrected chi connectivity index (χ2v) is 6.04. The first-order valence-corrected chi connectivity index (χ1v) is 7.98. The molecule has 4 rings (SSSR count). The fourth-order valence-electron chi connectivity index (χ4n) is 2.76. The van der Waals surface area contributed by atoms with E-state index in [1.54, 1.807) is 0 Å². The zero-order valence-corrected chi connectivity index (χ0v) is 14.1. The smallest absolute Gasteiger partial charge is 0.373 e. The Morgan fingerprint density at radius 3 is 2.83 bits per heavy atom. The lowest BCUT2D eigenvalue weighted by Gasteiger charge is -2.09. The maximum absolute atomic E-state index is 6.05. The molecule has 0 N–H and O–H groups in total. The summed E-state index contributed by atoms with van der Waals surface area (Å²) in [5, 5.41) is 0.690. The van der Waals surface area contributed by atoms with Crippen molar-refractivity contribution in [2.75, 3.05) is 11.9 Å². The van der Waals surface area contributed by atoms with Crippen LogP contribution < -0.4 is 14.2 Å². The summed E-state index contributed by atoms with van der Waals surface area (Å²) in [7, 11) is 3.93. The standard InChI is InChI=1S/C19H16ClN2O2/c1-21-14-6-3-4-7-16(14)23-18(21)8-5-9-19-22(2)15-12-13(20)10-11-17(15)24-19/h3-12H,1-2H3/q+1. The molecule has 0 saturated carbocycles. The third kappa shape index (κ3) is 2.45. The predicted molar refractivity (Wildman–Crippen MR) is 95.0 cm³/mol. The van der Waals surface area contributed by atoms with Gasteiger partial charge in [-0.3, -0.25) is 0 Å². The molecule has 0 radical (unpaired) electrons. The summed E-state index contributed by atoms with van der Waals surface area (Å²) in [5.74, 6) is 2.31. The molecule has 0 saturated heterocycles. The zero-order chi connectivity index (χ0) is 16.7. The van der Waals surface area contributed by atoms with Gasteiger partial charge in [-0.2, -0.15) is 4.57 Å². The second kappa shape index (κ2) is 5.73. The highest BCUT2D eigenvalue weighted by atomic mass is 35.5. The van der Waals surface area contributed by atoms with Crippen LogP contribution in [0.15, 0.2) is 64.9 Å². The molecule has 1 aliphatic rings. The van der Waals surface area contributed by atoms with E-state index in [1.165, 1.54) is 0 Å². The van der Waals surface area contributed by atoms with E-state index in [9.17, 15) is 0 Å². The Labute approximate surface area is 144 Å². The molecular formula is C19H16ClN2O2+. The van der Waals surface area contributed by atoms with Gasteiger partial charge < -0.3 is 14.1 Å². The summed E-state index contributed by atoms with van der Waals surface area (Å²) < 4.78 is 13.7. The maximum atomic E-state index is 6.05. The van der Waals surface area contributed by atoms with E-state index < -0.39 is 0 Å². The molecule has 5 heteroatoms. The lowest BCUT2D eigenvalue weighted by Crippen LogP contribution is -2.29. The molecule has 2 heterocycles. The predicted octanol–water partition coefficient (Wildman–Crippen LogP) is 4.29. The van der Waals surface area contributed by atoms with Crippen LogP contribution in [-0.4, -0.2) is 7.05 Å². The lowest BCUT2D eigenvalue weighted by atomic mass is 10.3. The number of halogens is 1. The van der Waals surface area contributed by atoms with E-state index in [2.05, 4.69) is 0 Å². The van der Waals surface area contributed by atoms with Crippen molar-refractivity contribution in [1.29, 1.82) is 0 Å². The molecule has 2 aromatic carbocycles. The van der Waals surface area contributed by atoms with Crippen molar-refractivity contribution in [3.63, 3.8) is 0 Å². The van der Waals surface area contributed by atoms with Crippen molar-refractivity contribution >= 4 is 34.5 Å². The Morgan fingerprint density at radius 2 is 2.00 bits per heavy atom. The average molecular weight is 340 g/mol. The first-order chi connectivity index (χ1) is 11.6. The number of aryl methyl sites for hydroxylation is 1. The summed E-state index contributed by atoms with van der Waals surface area (Å²) in [5.41, 5.74) is 2.88. The highest BCUT2D eigenvalue weighted by Crippen LogP contribution is 2.39. The highest BCUT2D eigenvalue weighted by molar-refractivity contribution is 6.31. The number of aromatic nitrogens is 1. The summed E-state index contributed by atoms with van der Waals surface area (Å²) in [6.07, 6.45) is 5.73. The number of nitrogens with zero attached hydrogens (tertiary/aromatic N) is 2. The molecule has 0 amide bonds. The molecule has 3 aromatic rings. The van der Waals surface area contributed by atoms with Crippen molar-refractivity contribution in [3.05, 3.63) is 71.4 Å². The highest BCUT2D eigenvalue weighted by Gasteiger charge is 2.22. The molecule has 0 aliphatic carbocycles. The molecule has 0 spiro atoms. The van der Waals surface area contributed by atoms with E-state index in [4.69, 9.17) is 20.8 Å². The minimum atomic E-state index is 0.690. The summed E-state index contributed by atoms with van der Waals surface area (Å²) >= 11 is 6.05. The van der Waals surface area contributed by atoms with Crippen LogP contribution in [0.4, 0.5) is 5.69 Å². The van der Waals surface area contributed by atoms with Crippen LogP contribution in [-0.2, 0) is 7.05 Å². The largest absolute Gasteiger partial charge is 0.439 e. The van der Waals surface area contributed by atoms with Crippen LogP contribution in [0.5, 0.6) is 5.75 Å². The summed E-state index contributed by atoms with van der Waals surface area (Å²) in [6.45, 7) is 0. The first kappa shape index (κ1) is 14.8. The molecule has 4 nitrogen and oxygen atoms in total. The molecule has 0 atom stereocenters. The topological polar surface area (TPSA) is 29.5 Å². The number of oxazole rings is 1. The molecule has 1 aromatic heterocycles. The fraction of sp³-hybridized carbons (Fsp3) is 0.105. The van der Waals surface area contributed by atoms with Gasteiger partial charge in [0.05, 0.1) is 11.8 Å². The molecular weight excluding hydrogens is 324 g/mol. The number of anilines is 1. The number of rotatable bonds is 2. The van der Waals surface area contributed by atoms with Crippen LogP contribution in [0, 0.1) is 0 Å². The van der Waals surface area contributed by atoms with E-state index in [0.717, 1.165) is 34.3 Å². The molecule has 24 heavy (non-hydrogen) atoms. The van der Waals surface area contributed by atoms with Gasteiger partial charge in [0.2, 0.25) is 5.58 Å². The lowest BCUT2D eigenvalue weighted by molar-refractivity contribution is -0.652. The van der Waals surface area contributed by atoms with Crippen molar-refractivity contribution < 1.29 is 13.7 Å². The zero-order valence-electron chi connectivity index (χ0n) is 13.4. The van der Waals surface area contributed by atoms with Gasteiger partial charge in [0.1, 0.15) is 7.05 Å². The van der Waals surface area contributed by atoms with Gasteiger partial charge in [0, 0.05) is 18.1 Å². The van der Waals surface area contributed by atoms with E-state index in [1.807, 2.05) is 84.3 Å². The molecule has 0 bridgehead atoms. The number of para-hydroxylation sites is 2. The molecule has 120 valence electrons. The van der Waals surface area contributed by atoms with E-state index >= 15 is 0 Å². The van der Waals surface area contributed by atoms with Crippen LogP contribution >= 0.6 is 11.6 Å². The quantitative estimate of drug-likeness (QED) is 0.652. The Bertz CT molecular complexity index is 988. The van der Waals surface area contributed by atoms with Gasteiger partial charge in [-0.1, -0.05) is 23.7 Å². The fourth-order valence-corrected chi connectivity index (χ4v) is 2.93. The van der Waals surface area contributed by atoms with Crippen LogP contribution in [0.1, 0.15) is 5.89 Å². The van der Waals surface area contributed by atoms with Crippen molar-refractivity contribution in [2.45, 2.75) is 0 Å². The van der Waals surface area contributed by atoms with Gasteiger partial charge >= 0.3 is 5.89 Å². The van der Waals surface area contributed by atoms with Gasteiger partial charge in [-0.15, -0.1) is 0 Å². The normalized spacial score (nSPS) is 15.5. The monoisotopic (exact) mass is 339 g/mol. The van der Waals surface area contributed by atoms with Crippen molar-refractivity contribution in [1.82, 2.24) is 0 Å². The third-order valence-corrected chi connectivity index (χ3v) is 4.31. The van der Waals surface area contributed by atoms with Gasteiger partial charge in [0.15, 0.2) is 11.6 Å². The number of fused-ring (bicyclic) bond motifs is 2. The van der Waals surface area contributed by atoms with Gasteiger partial charge in [-0.05, 0) is 36.4 Å². The minimum absolute atomic E-state index is 0.690. The number of benzene rings is 2. The van der Waals surface area contributed by atoms with Gasteiger partial charge in [0.25, 0.3) is 5.52 Å². The SMILES string of the molecule is CN1/C(=C/C=C/c2oc3ccccc3[n+]2C)Oc2ccc(Cl)cc21. The van der Waals surface area contributed by atoms with Crippen LogP contribution in [0.25, 0.3) is 17.2 Å². The number of hydrogen-bond acceptors (Lipinski definition) is 3. The van der Waals surface area contributed by atoms with Crippen molar-refractivity contribution in [2.24, 2.45) is 7.05 Å².